The third-order valence-corrected chi connectivity index (χ3v) is 2.57. The van der Waals surface area contributed by atoms with Crippen LogP contribution in [0.25, 0.3) is 0 Å². The average molecular weight is 198 g/mol. The summed E-state index contributed by atoms with van der Waals surface area (Å²) in [5.41, 5.74) is 5.57. The summed E-state index contributed by atoms with van der Waals surface area (Å²) < 4.78 is 5.25. The molecule has 5 nitrogen and oxygen atoms in total. The monoisotopic (exact) mass is 198 g/mol. The van der Waals surface area contributed by atoms with E-state index in [4.69, 9.17) is 10.5 Å². The van der Waals surface area contributed by atoms with Crippen LogP contribution in [0, 0.1) is 0 Å². The fourth-order valence-corrected chi connectivity index (χ4v) is 1.92. The Labute approximate surface area is 82.2 Å². The summed E-state index contributed by atoms with van der Waals surface area (Å²) in [5, 5.41) is 0. The van der Waals surface area contributed by atoms with Gasteiger partial charge in [-0.15, -0.1) is 0 Å². The molecule has 0 aromatic rings. The van der Waals surface area contributed by atoms with E-state index in [0.29, 0.717) is 19.4 Å². The van der Waals surface area contributed by atoms with Gasteiger partial charge in [0.25, 0.3) is 11.8 Å². The highest BCUT2D eigenvalue weighted by Gasteiger charge is 2.46. The highest BCUT2D eigenvalue weighted by atomic mass is 16.5. The zero-order valence-electron chi connectivity index (χ0n) is 8.10. The van der Waals surface area contributed by atoms with Gasteiger partial charge in [-0.3, -0.25) is 14.5 Å². The van der Waals surface area contributed by atoms with Crippen molar-refractivity contribution in [3.8, 4) is 0 Å². The van der Waals surface area contributed by atoms with Gasteiger partial charge in [-0.2, -0.15) is 0 Å². The number of hydrogen-bond donors (Lipinski definition) is 1. The molecule has 2 aliphatic heterocycles. The molecule has 2 rings (SSSR count). The van der Waals surface area contributed by atoms with E-state index in [0.717, 1.165) is 0 Å². The van der Waals surface area contributed by atoms with E-state index in [1.807, 2.05) is 0 Å². The summed E-state index contributed by atoms with van der Waals surface area (Å²) >= 11 is 0. The standard InChI is InChI=1S/C9H14N2O3/c1-5(10)4-11-8(12)6-2-3-7(14-6)9(11)13/h5-7H,2-4,10H2,1H3. The second-order valence-corrected chi connectivity index (χ2v) is 3.96. The Kier molecular flexibility index (Phi) is 2.28. The number of rotatable bonds is 2. The predicted molar refractivity (Wildman–Crippen MR) is 48.3 cm³/mol. The molecule has 3 unspecified atom stereocenters. The number of hydrogen-bond acceptors (Lipinski definition) is 4. The lowest BCUT2D eigenvalue weighted by molar-refractivity contribution is -0.168. The zero-order chi connectivity index (χ0) is 10.3. The maximum atomic E-state index is 11.7. The quantitative estimate of drug-likeness (QED) is 0.592. The highest BCUT2D eigenvalue weighted by molar-refractivity contribution is 6.02. The molecule has 0 aliphatic carbocycles. The van der Waals surface area contributed by atoms with Crippen LogP contribution in [-0.4, -0.2) is 41.5 Å². The number of fused-ring (bicyclic) bond motifs is 2. The average Bonchev–Trinajstić information content (AvgIpc) is 2.55. The van der Waals surface area contributed by atoms with Gasteiger partial charge in [-0.1, -0.05) is 0 Å². The van der Waals surface area contributed by atoms with E-state index in [1.54, 1.807) is 6.92 Å². The molecule has 2 heterocycles. The number of nitrogens with zero attached hydrogens (tertiary/aromatic N) is 1. The lowest BCUT2D eigenvalue weighted by atomic mass is 10.2. The SMILES string of the molecule is CC(N)CN1C(=O)C2CCC(O2)C1=O. The topological polar surface area (TPSA) is 72.6 Å². The van der Waals surface area contributed by atoms with Crippen molar-refractivity contribution in [3.05, 3.63) is 0 Å². The first-order chi connectivity index (χ1) is 6.59. The summed E-state index contributed by atoms with van der Waals surface area (Å²) in [6.45, 7) is 2.08. The summed E-state index contributed by atoms with van der Waals surface area (Å²) in [5.74, 6) is -0.442. The third-order valence-electron chi connectivity index (χ3n) is 2.57. The predicted octanol–water partition coefficient (Wildman–Crippen LogP) is -0.750. The van der Waals surface area contributed by atoms with Gasteiger partial charge in [0.2, 0.25) is 0 Å². The van der Waals surface area contributed by atoms with Crippen LogP contribution in [0.5, 0.6) is 0 Å². The number of morpholine rings is 1. The molecular formula is C9H14N2O3. The minimum absolute atomic E-state index is 0.180. The van der Waals surface area contributed by atoms with Crippen molar-refractivity contribution in [2.75, 3.05) is 6.54 Å². The molecule has 2 bridgehead atoms. The first-order valence-electron chi connectivity index (χ1n) is 4.86. The Bertz CT molecular complexity index is 255. The van der Waals surface area contributed by atoms with Crippen molar-refractivity contribution in [1.82, 2.24) is 4.90 Å². The van der Waals surface area contributed by atoms with Crippen LogP contribution in [0.2, 0.25) is 0 Å². The van der Waals surface area contributed by atoms with Crippen molar-refractivity contribution in [2.24, 2.45) is 5.73 Å². The number of likely N-dealkylation sites (tertiary alicyclic amines) is 1. The molecule has 2 amide bonds. The van der Waals surface area contributed by atoms with E-state index < -0.39 is 12.2 Å². The molecule has 78 valence electrons. The van der Waals surface area contributed by atoms with Gasteiger partial charge in [0.15, 0.2) is 0 Å². The van der Waals surface area contributed by atoms with Crippen LogP contribution in [0.15, 0.2) is 0 Å². The number of nitrogens with two attached hydrogens (primary N) is 1. The van der Waals surface area contributed by atoms with E-state index >= 15 is 0 Å². The van der Waals surface area contributed by atoms with E-state index in [1.165, 1.54) is 4.90 Å². The molecule has 2 fully saturated rings. The Hall–Kier alpha value is -0.940. The summed E-state index contributed by atoms with van der Waals surface area (Å²) in [7, 11) is 0. The van der Waals surface area contributed by atoms with Crippen LogP contribution in [0.3, 0.4) is 0 Å². The second-order valence-electron chi connectivity index (χ2n) is 3.96. The Morgan fingerprint density at radius 3 is 2.36 bits per heavy atom. The van der Waals surface area contributed by atoms with E-state index in [2.05, 4.69) is 0 Å². The molecular weight excluding hydrogens is 184 g/mol. The van der Waals surface area contributed by atoms with Crippen LogP contribution in [0.4, 0.5) is 0 Å². The number of carbonyl (C=O) groups is 2. The number of carbonyl (C=O) groups excluding carboxylic acids is 2. The summed E-state index contributed by atoms with van der Waals surface area (Å²) in [6, 6.07) is -0.180. The number of imide groups is 1. The molecule has 0 saturated carbocycles. The van der Waals surface area contributed by atoms with Crippen molar-refractivity contribution >= 4 is 11.8 Å². The molecule has 0 radical (unpaired) electrons. The second kappa shape index (κ2) is 3.33. The van der Waals surface area contributed by atoms with Crippen molar-refractivity contribution < 1.29 is 14.3 Å². The molecule has 14 heavy (non-hydrogen) atoms. The maximum absolute atomic E-state index is 11.7. The van der Waals surface area contributed by atoms with Crippen LogP contribution in [0.1, 0.15) is 19.8 Å². The van der Waals surface area contributed by atoms with Crippen molar-refractivity contribution in [2.45, 2.75) is 38.0 Å². The fourth-order valence-electron chi connectivity index (χ4n) is 1.92. The molecule has 0 aromatic heterocycles. The van der Waals surface area contributed by atoms with Crippen LogP contribution >= 0.6 is 0 Å². The van der Waals surface area contributed by atoms with Gasteiger partial charge >= 0.3 is 0 Å². The van der Waals surface area contributed by atoms with Gasteiger partial charge in [0.1, 0.15) is 12.2 Å². The molecule has 2 saturated heterocycles. The Balaban J connectivity index is 2.15. The van der Waals surface area contributed by atoms with Crippen LogP contribution in [-0.2, 0) is 14.3 Å². The van der Waals surface area contributed by atoms with Crippen molar-refractivity contribution in [3.63, 3.8) is 0 Å². The minimum atomic E-state index is -0.406. The maximum Gasteiger partial charge on any atom is 0.258 e. The summed E-state index contributed by atoms with van der Waals surface area (Å²) in [6.07, 6.45) is 0.503. The molecule has 0 spiro atoms. The number of ether oxygens (including phenoxy) is 1. The van der Waals surface area contributed by atoms with Gasteiger partial charge in [-0.05, 0) is 19.8 Å². The molecule has 5 heteroatoms. The minimum Gasteiger partial charge on any atom is -0.355 e. The zero-order valence-corrected chi connectivity index (χ0v) is 8.10. The number of amides is 2. The molecule has 0 aromatic carbocycles. The van der Waals surface area contributed by atoms with Gasteiger partial charge in [-0.25, -0.2) is 0 Å². The van der Waals surface area contributed by atoms with Crippen LogP contribution < -0.4 is 5.73 Å². The lowest BCUT2D eigenvalue weighted by Crippen LogP contribution is -2.54. The fraction of sp³-hybridized carbons (Fsp3) is 0.778. The molecule has 3 atom stereocenters. The van der Waals surface area contributed by atoms with Gasteiger partial charge in [0, 0.05) is 12.6 Å². The molecule has 2 N–H and O–H groups in total. The largest absolute Gasteiger partial charge is 0.355 e. The first kappa shape index (κ1) is 9.61. The first-order valence-corrected chi connectivity index (χ1v) is 4.86. The third kappa shape index (κ3) is 1.42. The summed E-state index contributed by atoms with van der Waals surface area (Å²) in [4.78, 5) is 24.6. The smallest absolute Gasteiger partial charge is 0.258 e. The van der Waals surface area contributed by atoms with Gasteiger partial charge < -0.3 is 10.5 Å². The Morgan fingerprint density at radius 2 is 1.93 bits per heavy atom. The van der Waals surface area contributed by atoms with Gasteiger partial charge in [0.05, 0.1) is 0 Å². The molecule has 2 aliphatic rings. The highest BCUT2D eigenvalue weighted by Crippen LogP contribution is 2.28. The van der Waals surface area contributed by atoms with Crippen molar-refractivity contribution in [1.29, 1.82) is 0 Å². The normalized spacial score (nSPS) is 33.7. The Morgan fingerprint density at radius 1 is 1.43 bits per heavy atom. The van der Waals surface area contributed by atoms with E-state index in [-0.39, 0.29) is 17.9 Å². The van der Waals surface area contributed by atoms with E-state index in [9.17, 15) is 9.59 Å². The lowest BCUT2D eigenvalue weighted by Gasteiger charge is -2.30.